The second-order valence-electron chi connectivity index (χ2n) is 12.2. The summed E-state index contributed by atoms with van der Waals surface area (Å²) in [4.78, 5) is 10.4. The van der Waals surface area contributed by atoms with Crippen LogP contribution < -0.4 is 16.0 Å². The molecule has 3 aromatic rings. The van der Waals surface area contributed by atoms with Crippen molar-refractivity contribution in [3.8, 4) is 17.1 Å². The Labute approximate surface area is 265 Å². The number of rotatable bonds is 4. The molecule has 0 amide bonds. The second kappa shape index (κ2) is 11.0. The average molecular weight is 639 g/mol. The maximum atomic E-state index is 6.80. The maximum absolute atomic E-state index is 6.80. The highest BCUT2D eigenvalue weighted by molar-refractivity contribution is 6.36. The topological polar surface area (TPSA) is 54.2 Å². The van der Waals surface area contributed by atoms with Gasteiger partial charge in [0.05, 0.1) is 60.9 Å². The molecule has 6 rings (SSSR count). The van der Waals surface area contributed by atoms with Crippen molar-refractivity contribution in [1.82, 2.24) is 14.9 Å². The van der Waals surface area contributed by atoms with Gasteiger partial charge in [-0.2, -0.15) is 0 Å². The van der Waals surface area contributed by atoms with Crippen molar-refractivity contribution in [3.05, 3.63) is 98.2 Å². The third kappa shape index (κ3) is 5.99. The Balaban J connectivity index is 1.64. The van der Waals surface area contributed by atoms with E-state index in [0.29, 0.717) is 20.1 Å². The predicted octanol–water partition coefficient (Wildman–Crippen LogP) is 9.70. The lowest BCUT2D eigenvalue weighted by molar-refractivity contribution is 0.163. The zero-order valence-electron chi connectivity index (χ0n) is 23.8. The monoisotopic (exact) mass is 637 g/mol. The molecule has 216 valence electrons. The Bertz CT molecular complexity index is 1840. The molecule has 1 fully saturated rings. The van der Waals surface area contributed by atoms with E-state index in [1.54, 1.807) is 12.1 Å². The second-order valence-corrected chi connectivity index (χ2v) is 13.9. The number of aromatic nitrogens is 2. The minimum atomic E-state index is -0.0612. The lowest BCUT2D eigenvalue weighted by Crippen LogP contribution is -2.59. The number of hydrogen-bond donors (Lipinski definition) is 2. The van der Waals surface area contributed by atoms with Crippen LogP contribution in [0.25, 0.3) is 28.1 Å². The van der Waals surface area contributed by atoms with E-state index in [-0.39, 0.29) is 17.1 Å². The summed E-state index contributed by atoms with van der Waals surface area (Å²) in [5.41, 5.74) is 5.62. The molecule has 0 atom stereocenters. The lowest BCUT2D eigenvalue weighted by atomic mass is 9.80. The summed E-state index contributed by atoms with van der Waals surface area (Å²) in [6.07, 6.45) is 1.79. The molecule has 0 saturated carbocycles. The van der Waals surface area contributed by atoms with E-state index in [0.717, 1.165) is 57.7 Å². The van der Waals surface area contributed by atoms with Gasteiger partial charge in [-0.1, -0.05) is 58.5 Å². The number of nitrogens with zero attached hydrogens (tertiary/aromatic N) is 3. The highest BCUT2D eigenvalue weighted by atomic mass is 35.5. The molecule has 0 aromatic heterocycles. The first kappa shape index (κ1) is 29.3. The smallest absolute Gasteiger partial charge is 0.0900 e. The van der Waals surface area contributed by atoms with E-state index in [2.05, 4.69) is 49.0 Å². The van der Waals surface area contributed by atoms with E-state index in [1.807, 2.05) is 54.6 Å². The average Bonchev–Trinajstić information content (AvgIpc) is 2.88. The van der Waals surface area contributed by atoms with Gasteiger partial charge in [0.2, 0.25) is 0 Å². The largest absolute Gasteiger partial charge is 0.352 e. The fourth-order valence-corrected chi connectivity index (χ4v) is 7.21. The van der Waals surface area contributed by atoms with E-state index >= 15 is 0 Å². The highest BCUT2D eigenvalue weighted by Crippen LogP contribution is 2.36. The lowest BCUT2D eigenvalue weighted by Gasteiger charge is -2.45. The Morgan fingerprint density at radius 2 is 1.48 bits per heavy atom. The van der Waals surface area contributed by atoms with E-state index in [1.165, 1.54) is 0 Å². The summed E-state index contributed by atoms with van der Waals surface area (Å²) >= 11 is 25.9. The molecule has 2 N–H and O–H groups in total. The van der Waals surface area contributed by atoms with Crippen molar-refractivity contribution in [2.24, 2.45) is 4.99 Å². The Kier molecular flexibility index (Phi) is 7.70. The number of nitrogens with one attached hydrogen (secondary N) is 2. The number of piperidine rings is 1. The van der Waals surface area contributed by atoms with Crippen LogP contribution in [0.3, 0.4) is 0 Å². The minimum Gasteiger partial charge on any atom is -0.352 e. The van der Waals surface area contributed by atoms with Crippen LogP contribution in [0.5, 0.6) is 0 Å². The molecule has 3 aromatic carbocycles. The molecular formula is C33H31Cl4N5. The molecule has 42 heavy (non-hydrogen) atoms. The van der Waals surface area contributed by atoms with Gasteiger partial charge in [-0.05, 0) is 101 Å². The summed E-state index contributed by atoms with van der Waals surface area (Å²) in [6.45, 7) is 8.93. The molecule has 0 spiro atoms. The van der Waals surface area contributed by atoms with Crippen LogP contribution in [0.2, 0.25) is 20.1 Å². The van der Waals surface area contributed by atoms with E-state index in [9.17, 15) is 0 Å². The van der Waals surface area contributed by atoms with Gasteiger partial charge in [0.25, 0.3) is 0 Å². The molecular weight excluding hydrogens is 608 g/mol. The van der Waals surface area contributed by atoms with E-state index in [4.69, 9.17) is 56.4 Å². The Morgan fingerprint density at radius 3 is 2.17 bits per heavy atom. The minimum absolute atomic E-state index is 0.0612. The number of para-hydroxylation sites is 2. The molecule has 0 unspecified atom stereocenters. The van der Waals surface area contributed by atoms with Crippen LogP contribution in [-0.4, -0.2) is 26.7 Å². The van der Waals surface area contributed by atoms with Crippen molar-refractivity contribution >= 4 is 68.8 Å². The molecule has 1 aliphatic carbocycles. The summed E-state index contributed by atoms with van der Waals surface area (Å²) in [5.74, 6) is 0. The normalized spacial score (nSPS) is 17.2. The van der Waals surface area contributed by atoms with Gasteiger partial charge in [0.1, 0.15) is 0 Å². The van der Waals surface area contributed by atoms with Gasteiger partial charge >= 0.3 is 0 Å². The summed E-state index contributed by atoms with van der Waals surface area (Å²) in [6, 6.07) is 23.2. The number of hydrogen-bond acceptors (Lipinski definition) is 4. The van der Waals surface area contributed by atoms with Gasteiger partial charge in [-0.3, -0.25) is 4.99 Å². The SMILES string of the molecule is CC1(C)CC(N=c2cc3n(-c4ccc(Cl)cc4Cl)c4ccccc4nc-3cc2Nc2ccc(Cl)cc2Cl)CC(C)(C)N1. The summed E-state index contributed by atoms with van der Waals surface area (Å²) in [5, 5.41) is 10.3. The standard InChI is InChI=1S/C33H31Cl4N5/c1-32(2)17-21(18-33(3,4)41-32)38-27-16-31-28(15-26(27)39-24-11-9-19(34)13-22(24)36)40-25-7-5-6-8-30(25)42(31)29-12-10-20(35)14-23(29)37/h5-16,21,39,41H,17-18H2,1-4H3. The first-order valence-electron chi connectivity index (χ1n) is 13.8. The quantitative estimate of drug-likeness (QED) is 0.193. The zero-order valence-corrected chi connectivity index (χ0v) is 26.8. The molecule has 2 aliphatic heterocycles. The highest BCUT2D eigenvalue weighted by Gasteiger charge is 2.37. The van der Waals surface area contributed by atoms with Gasteiger partial charge in [0, 0.05) is 21.1 Å². The molecule has 5 nitrogen and oxygen atoms in total. The summed E-state index contributed by atoms with van der Waals surface area (Å²) in [7, 11) is 0. The van der Waals surface area contributed by atoms with Crippen LogP contribution in [0.15, 0.2) is 77.8 Å². The fraction of sp³-hybridized carbons (Fsp3) is 0.273. The molecule has 3 aliphatic rings. The first-order chi connectivity index (χ1) is 19.9. The van der Waals surface area contributed by atoms with Crippen LogP contribution in [0.1, 0.15) is 40.5 Å². The molecule has 0 radical (unpaired) electrons. The fourth-order valence-electron chi connectivity index (χ4n) is 6.26. The molecule has 0 bridgehead atoms. The van der Waals surface area contributed by atoms with Crippen LogP contribution in [0.4, 0.5) is 11.4 Å². The summed E-state index contributed by atoms with van der Waals surface area (Å²) < 4.78 is 2.13. The van der Waals surface area contributed by atoms with Gasteiger partial charge in [0.15, 0.2) is 0 Å². The van der Waals surface area contributed by atoms with Crippen molar-refractivity contribution < 1.29 is 0 Å². The van der Waals surface area contributed by atoms with Crippen LogP contribution >= 0.6 is 46.4 Å². The first-order valence-corrected chi connectivity index (χ1v) is 15.3. The number of fused-ring (bicyclic) bond motifs is 2. The Morgan fingerprint density at radius 1 is 0.810 bits per heavy atom. The molecule has 1 saturated heterocycles. The number of benzene rings is 4. The zero-order chi connectivity index (χ0) is 29.8. The van der Waals surface area contributed by atoms with E-state index < -0.39 is 0 Å². The third-order valence-corrected chi connectivity index (χ3v) is 8.62. The van der Waals surface area contributed by atoms with Crippen LogP contribution in [0, 0.1) is 0 Å². The van der Waals surface area contributed by atoms with Crippen molar-refractivity contribution in [3.63, 3.8) is 0 Å². The van der Waals surface area contributed by atoms with Crippen molar-refractivity contribution in [2.75, 3.05) is 5.32 Å². The van der Waals surface area contributed by atoms with Gasteiger partial charge in [-0.15, -0.1) is 0 Å². The van der Waals surface area contributed by atoms with Gasteiger partial charge < -0.3 is 15.2 Å². The molecule has 2 heterocycles. The maximum Gasteiger partial charge on any atom is 0.0900 e. The van der Waals surface area contributed by atoms with Crippen molar-refractivity contribution in [1.29, 1.82) is 0 Å². The number of halogens is 4. The van der Waals surface area contributed by atoms with Crippen molar-refractivity contribution in [2.45, 2.75) is 57.7 Å². The number of anilines is 2. The predicted molar refractivity (Wildman–Crippen MR) is 177 cm³/mol. The third-order valence-electron chi connectivity index (χ3n) is 7.54. The van der Waals surface area contributed by atoms with Gasteiger partial charge in [-0.25, -0.2) is 4.98 Å². The van der Waals surface area contributed by atoms with Crippen LogP contribution in [-0.2, 0) is 0 Å². The molecule has 9 heteroatoms. The Hall–Kier alpha value is -2.80.